The van der Waals surface area contributed by atoms with Crippen LogP contribution in [-0.4, -0.2) is 23.0 Å². The fraction of sp³-hybridized carbons (Fsp3) is 0.429. The number of benzene rings is 1. The van der Waals surface area contributed by atoms with E-state index in [9.17, 15) is 9.59 Å². The van der Waals surface area contributed by atoms with E-state index in [1.807, 2.05) is 13.0 Å². The molecule has 104 valence electrons. The minimum absolute atomic E-state index is 0.00708. The third kappa shape index (κ3) is 6.57. The van der Waals surface area contributed by atoms with Crippen LogP contribution in [0.4, 0.5) is 5.69 Å². The number of rotatable bonds is 7. The first kappa shape index (κ1) is 15.2. The summed E-state index contributed by atoms with van der Waals surface area (Å²) in [7, 11) is 0. The van der Waals surface area contributed by atoms with Crippen LogP contribution in [0.2, 0.25) is 0 Å². The van der Waals surface area contributed by atoms with Crippen molar-refractivity contribution in [2.75, 3.05) is 5.32 Å². The number of aryl methyl sites for hydroxylation is 1. The van der Waals surface area contributed by atoms with Crippen LogP contribution in [0.1, 0.15) is 31.7 Å². The minimum Gasteiger partial charge on any atom is -0.481 e. The summed E-state index contributed by atoms with van der Waals surface area (Å²) in [6, 6.07) is 7.24. The lowest BCUT2D eigenvalue weighted by Gasteiger charge is -2.08. The summed E-state index contributed by atoms with van der Waals surface area (Å²) in [5.41, 5.74) is 7.18. The topological polar surface area (TPSA) is 92.4 Å². The predicted octanol–water partition coefficient (Wildman–Crippen LogP) is 1.77. The van der Waals surface area contributed by atoms with E-state index in [1.54, 1.807) is 18.2 Å². The molecule has 0 aliphatic carbocycles. The van der Waals surface area contributed by atoms with Gasteiger partial charge in [-0.25, -0.2) is 0 Å². The number of carboxylic acids is 1. The number of hydrogen-bond donors (Lipinski definition) is 3. The van der Waals surface area contributed by atoms with Crippen molar-refractivity contribution in [3.63, 3.8) is 0 Å². The first-order valence-corrected chi connectivity index (χ1v) is 6.33. The van der Waals surface area contributed by atoms with Gasteiger partial charge in [0.15, 0.2) is 0 Å². The molecule has 0 aliphatic rings. The molecule has 0 aromatic heterocycles. The molecule has 4 N–H and O–H groups in total. The number of anilines is 1. The molecule has 0 fully saturated rings. The smallest absolute Gasteiger partial charge is 0.303 e. The summed E-state index contributed by atoms with van der Waals surface area (Å²) in [5.74, 6) is -0.904. The Bertz CT molecular complexity index is 444. The first-order valence-electron chi connectivity index (χ1n) is 6.33. The van der Waals surface area contributed by atoms with E-state index in [1.165, 1.54) is 0 Å². The van der Waals surface area contributed by atoms with Gasteiger partial charge >= 0.3 is 5.97 Å². The van der Waals surface area contributed by atoms with Gasteiger partial charge in [-0.15, -0.1) is 0 Å². The van der Waals surface area contributed by atoms with E-state index in [0.717, 1.165) is 5.56 Å². The third-order valence-electron chi connectivity index (χ3n) is 2.67. The largest absolute Gasteiger partial charge is 0.481 e. The average Bonchev–Trinajstić information content (AvgIpc) is 2.34. The number of amides is 1. The van der Waals surface area contributed by atoms with Crippen molar-refractivity contribution in [2.24, 2.45) is 5.73 Å². The van der Waals surface area contributed by atoms with E-state index >= 15 is 0 Å². The van der Waals surface area contributed by atoms with Gasteiger partial charge in [0.2, 0.25) is 5.91 Å². The van der Waals surface area contributed by atoms with Crippen molar-refractivity contribution >= 4 is 17.6 Å². The summed E-state index contributed by atoms with van der Waals surface area (Å²) in [5, 5.41) is 11.4. The first-order chi connectivity index (χ1) is 8.97. The maximum absolute atomic E-state index is 11.6. The van der Waals surface area contributed by atoms with Crippen LogP contribution in [0, 0.1) is 0 Å². The maximum atomic E-state index is 11.6. The molecule has 0 aliphatic heterocycles. The standard InChI is InChI=1S/C14H20N2O3/c1-10(15)5-7-13(17)16-12-4-2-3-11(9-12)6-8-14(18)19/h2-4,9-10H,5-8,15H2,1H3,(H,16,17)(H,18,19). The molecule has 1 atom stereocenters. The van der Waals surface area contributed by atoms with Gasteiger partial charge < -0.3 is 16.2 Å². The highest BCUT2D eigenvalue weighted by atomic mass is 16.4. The third-order valence-corrected chi connectivity index (χ3v) is 2.67. The van der Waals surface area contributed by atoms with Gasteiger partial charge in [-0.1, -0.05) is 12.1 Å². The molecule has 1 unspecified atom stereocenters. The highest BCUT2D eigenvalue weighted by Crippen LogP contribution is 2.13. The Hall–Kier alpha value is -1.88. The van der Waals surface area contributed by atoms with E-state index in [-0.39, 0.29) is 18.4 Å². The van der Waals surface area contributed by atoms with E-state index in [0.29, 0.717) is 24.9 Å². The van der Waals surface area contributed by atoms with Gasteiger partial charge in [0.05, 0.1) is 0 Å². The molecule has 1 amide bonds. The zero-order valence-electron chi connectivity index (χ0n) is 11.1. The van der Waals surface area contributed by atoms with Crippen LogP contribution < -0.4 is 11.1 Å². The van der Waals surface area contributed by atoms with Gasteiger partial charge in [-0.05, 0) is 37.5 Å². The van der Waals surface area contributed by atoms with Crippen molar-refractivity contribution in [3.8, 4) is 0 Å². The van der Waals surface area contributed by atoms with Gasteiger partial charge in [0, 0.05) is 24.6 Å². The molecule has 19 heavy (non-hydrogen) atoms. The molecule has 5 nitrogen and oxygen atoms in total. The van der Waals surface area contributed by atoms with Crippen molar-refractivity contribution in [2.45, 2.75) is 38.6 Å². The van der Waals surface area contributed by atoms with Gasteiger partial charge in [0.25, 0.3) is 0 Å². The van der Waals surface area contributed by atoms with Crippen LogP contribution in [0.25, 0.3) is 0 Å². The van der Waals surface area contributed by atoms with Gasteiger partial charge in [-0.2, -0.15) is 0 Å². The number of nitrogens with one attached hydrogen (secondary N) is 1. The van der Waals surface area contributed by atoms with Crippen molar-refractivity contribution in [1.29, 1.82) is 0 Å². The second-order valence-corrected chi connectivity index (χ2v) is 4.66. The monoisotopic (exact) mass is 264 g/mol. The Kier molecular flexibility index (Phi) is 6.02. The molecule has 0 spiro atoms. The van der Waals surface area contributed by atoms with E-state index < -0.39 is 5.97 Å². The van der Waals surface area contributed by atoms with Crippen LogP contribution >= 0.6 is 0 Å². The Morgan fingerprint density at radius 2 is 2.11 bits per heavy atom. The summed E-state index contributed by atoms with van der Waals surface area (Å²) >= 11 is 0. The number of aliphatic carboxylic acids is 1. The molecule has 0 saturated carbocycles. The zero-order chi connectivity index (χ0) is 14.3. The fourth-order valence-electron chi connectivity index (χ4n) is 1.64. The number of carbonyl (C=O) groups excluding carboxylic acids is 1. The lowest BCUT2D eigenvalue weighted by molar-refractivity contribution is -0.137. The maximum Gasteiger partial charge on any atom is 0.303 e. The second kappa shape index (κ2) is 7.53. The van der Waals surface area contributed by atoms with E-state index in [2.05, 4.69) is 5.32 Å². The number of carboxylic acid groups (broad SMARTS) is 1. The minimum atomic E-state index is -0.827. The molecule has 0 heterocycles. The SMILES string of the molecule is CC(N)CCC(=O)Nc1cccc(CCC(=O)O)c1. The summed E-state index contributed by atoms with van der Waals surface area (Å²) in [6.07, 6.45) is 1.57. The molecule has 1 aromatic rings. The fourth-order valence-corrected chi connectivity index (χ4v) is 1.64. The Labute approximate surface area is 112 Å². The highest BCUT2D eigenvalue weighted by Gasteiger charge is 2.05. The summed E-state index contributed by atoms with van der Waals surface area (Å²) in [4.78, 5) is 22.1. The Morgan fingerprint density at radius 1 is 1.37 bits per heavy atom. The predicted molar refractivity (Wildman–Crippen MR) is 73.9 cm³/mol. The summed E-state index contributed by atoms with van der Waals surface area (Å²) in [6.45, 7) is 1.86. The van der Waals surface area contributed by atoms with Crippen molar-refractivity contribution < 1.29 is 14.7 Å². The van der Waals surface area contributed by atoms with Gasteiger partial charge in [0.1, 0.15) is 0 Å². The molecular weight excluding hydrogens is 244 g/mol. The molecule has 5 heteroatoms. The Morgan fingerprint density at radius 3 is 2.74 bits per heavy atom. The molecule has 0 bridgehead atoms. The molecule has 0 radical (unpaired) electrons. The number of hydrogen-bond acceptors (Lipinski definition) is 3. The van der Waals surface area contributed by atoms with Crippen molar-refractivity contribution in [3.05, 3.63) is 29.8 Å². The van der Waals surface area contributed by atoms with E-state index in [4.69, 9.17) is 10.8 Å². The number of carbonyl (C=O) groups is 2. The lowest BCUT2D eigenvalue weighted by atomic mass is 10.1. The molecule has 1 aromatic carbocycles. The van der Waals surface area contributed by atoms with Crippen LogP contribution in [0.15, 0.2) is 24.3 Å². The quantitative estimate of drug-likeness (QED) is 0.699. The van der Waals surface area contributed by atoms with Crippen LogP contribution in [0.3, 0.4) is 0 Å². The number of nitrogens with two attached hydrogens (primary N) is 1. The summed E-state index contributed by atoms with van der Waals surface area (Å²) < 4.78 is 0. The average molecular weight is 264 g/mol. The van der Waals surface area contributed by atoms with Crippen LogP contribution in [0.5, 0.6) is 0 Å². The lowest BCUT2D eigenvalue weighted by Crippen LogP contribution is -2.19. The van der Waals surface area contributed by atoms with Gasteiger partial charge in [-0.3, -0.25) is 9.59 Å². The normalized spacial score (nSPS) is 11.9. The Balaban J connectivity index is 2.51. The van der Waals surface area contributed by atoms with Crippen LogP contribution in [-0.2, 0) is 16.0 Å². The van der Waals surface area contributed by atoms with Crippen molar-refractivity contribution in [1.82, 2.24) is 0 Å². The zero-order valence-corrected chi connectivity index (χ0v) is 11.1. The molecule has 1 rings (SSSR count). The molecule has 0 saturated heterocycles. The molecular formula is C14H20N2O3. The highest BCUT2D eigenvalue weighted by molar-refractivity contribution is 5.90. The second-order valence-electron chi connectivity index (χ2n) is 4.66.